The molecular formula is C15H12F3O2. The average molecular weight is 281 g/mol. The molecule has 0 heterocycles. The highest BCUT2D eigenvalue weighted by atomic mass is 19.4. The fourth-order valence-corrected chi connectivity index (χ4v) is 1.65. The van der Waals surface area contributed by atoms with E-state index in [9.17, 15) is 13.2 Å². The van der Waals surface area contributed by atoms with Crippen LogP contribution in [0.5, 0.6) is 11.5 Å². The Labute approximate surface area is 114 Å². The molecule has 2 rings (SSSR count). The predicted molar refractivity (Wildman–Crippen MR) is 67.6 cm³/mol. The van der Waals surface area contributed by atoms with Gasteiger partial charge in [-0.25, -0.2) is 0 Å². The van der Waals surface area contributed by atoms with Crippen LogP contribution in [0.15, 0.2) is 48.5 Å². The summed E-state index contributed by atoms with van der Waals surface area (Å²) in [6.07, 6.45) is -4.18. The highest BCUT2D eigenvalue weighted by molar-refractivity contribution is 5.29. The van der Waals surface area contributed by atoms with Crippen LogP contribution >= 0.6 is 0 Å². The third-order valence-electron chi connectivity index (χ3n) is 2.48. The minimum absolute atomic E-state index is 0.218. The molecule has 0 bridgehead atoms. The maximum atomic E-state index is 12.1. The molecule has 0 aromatic heterocycles. The lowest BCUT2D eigenvalue weighted by molar-refractivity contribution is -0.274. The van der Waals surface area contributed by atoms with Crippen molar-refractivity contribution >= 4 is 0 Å². The fraction of sp³-hybridized carbons (Fsp3) is 0.200. The van der Waals surface area contributed by atoms with Gasteiger partial charge in [0.25, 0.3) is 0 Å². The van der Waals surface area contributed by atoms with Crippen LogP contribution < -0.4 is 9.47 Å². The molecule has 20 heavy (non-hydrogen) atoms. The van der Waals surface area contributed by atoms with Gasteiger partial charge >= 0.3 is 6.36 Å². The summed E-state index contributed by atoms with van der Waals surface area (Å²) in [5.74, 6) is 0.482. The van der Waals surface area contributed by atoms with E-state index >= 15 is 0 Å². The van der Waals surface area contributed by atoms with Gasteiger partial charge in [0.2, 0.25) is 0 Å². The number of benzene rings is 2. The molecule has 105 valence electrons. The maximum Gasteiger partial charge on any atom is 0.573 e. The molecule has 5 heteroatoms. The van der Waals surface area contributed by atoms with Crippen LogP contribution in [0.2, 0.25) is 0 Å². The van der Waals surface area contributed by atoms with Crippen LogP contribution in [0, 0.1) is 6.07 Å². The summed E-state index contributed by atoms with van der Waals surface area (Å²) in [7, 11) is 0. The summed E-state index contributed by atoms with van der Waals surface area (Å²) in [5, 5.41) is 0. The molecule has 0 atom stereocenters. The molecule has 0 spiro atoms. The van der Waals surface area contributed by atoms with E-state index in [1.807, 2.05) is 0 Å². The van der Waals surface area contributed by atoms with Crippen molar-refractivity contribution in [1.29, 1.82) is 0 Å². The zero-order valence-electron chi connectivity index (χ0n) is 10.5. The number of hydrogen-bond acceptors (Lipinski definition) is 2. The summed E-state index contributed by atoms with van der Waals surface area (Å²) < 4.78 is 45.6. The predicted octanol–water partition coefficient (Wildman–Crippen LogP) is 4.01. The summed E-state index contributed by atoms with van der Waals surface area (Å²) in [6.45, 7) is 0.374. The lowest BCUT2D eigenvalue weighted by atomic mass is 10.1. The van der Waals surface area contributed by atoms with Crippen molar-refractivity contribution in [1.82, 2.24) is 0 Å². The van der Waals surface area contributed by atoms with Crippen molar-refractivity contribution in [2.75, 3.05) is 6.61 Å². The van der Waals surface area contributed by atoms with Crippen LogP contribution in [-0.4, -0.2) is 13.0 Å². The van der Waals surface area contributed by atoms with Gasteiger partial charge in [-0.05, 0) is 35.9 Å². The maximum absolute atomic E-state index is 12.1. The Morgan fingerprint density at radius 3 is 2.45 bits per heavy atom. The first kappa shape index (κ1) is 14.2. The summed E-state index contributed by atoms with van der Waals surface area (Å²) in [5.41, 5.74) is 0.717. The molecule has 0 aliphatic carbocycles. The normalized spacial score (nSPS) is 11.2. The van der Waals surface area contributed by atoms with E-state index in [-0.39, 0.29) is 5.75 Å². The van der Waals surface area contributed by atoms with Gasteiger partial charge in [-0.15, -0.1) is 13.2 Å². The molecule has 0 saturated heterocycles. The molecule has 0 fully saturated rings. The number of hydrogen-bond donors (Lipinski definition) is 0. The van der Waals surface area contributed by atoms with Crippen molar-refractivity contribution in [3.63, 3.8) is 0 Å². The highest BCUT2D eigenvalue weighted by Gasteiger charge is 2.31. The first-order chi connectivity index (χ1) is 9.53. The molecule has 0 amide bonds. The van der Waals surface area contributed by atoms with Crippen molar-refractivity contribution < 1.29 is 22.6 Å². The van der Waals surface area contributed by atoms with Gasteiger partial charge in [-0.2, -0.15) is 0 Å². The zero-order valence-corrected chi connectivity index (χ0v) is 10.5. The van der Waals surface area contributed by atoms with Gasteiger partial charge in [0.15, 0.2) is 0 Å². The Bertz CT molecular complexity index is 538. The Kier molecular flexibility index (Phi) is 4.50. The first-order valence-electron chi connectivity index (χ1n) is 5.96. The molecule has 1 radical (unpaired) electrons. The SMILES string of the molecule is FC(F)(F)Oc1cccc(CCOc2cc[c]cc2)c1. The largest absolute Gasteiger partial charge is 0.573 e. The van der Waals surface area contributed by atoms with Crippen molar-refractivity contribution in [2.45, 2.75) is 12.8 Å². The zero-order chi connectivity index (χ0) is 14.4. The standard InChI is InChI=1S/C15H12F3O2/c16-15(17,18)20-14-8-4-5-12(11-14)9-10-19-13-6-2-1-3-7-13/h2-8,11H,9-10H2. The Balaban J connectivity index is 1.88. The second kappa shape index (κ2) is 6.32. The van der Waals surface area contributed by atoms with Crippen LogP contribution in [0.1, 0.15) is 5.56 Å². The van der Waals surface area contributed by atoms with E-state index < -0.39 is 6.36 Å². The minimum atomic E-state index is -4.67. The first-order valence-corrected chi connectivity index (χ1v) is 5.96. The second-order valence-corrected chi connectivity index (χ2v) is 4.03. The van der Waals surface area contributed by atoms with Crippen LogP contribution in [0.25, 0.3) is 0 Å². The molecule has 0 saturated carbocycles. The monoisotopic (exact) mass is 281 g/mol. The third kappa shape index (κ3) is 4.84. The highest BCUT2D eigenvalue weighted by Crippen LogP contribution is 2.23. The van der Waals surface area contributed by atoms with Crippen molar-refractivity contribution in [3.05, 3.63) is 60.2 Å². The fourth-order valence-electron chi connectivity index (χ4n) is 1.65. The third-order valence-corrected chi connectivity index (χ3v) is 2.48. The van der Waals surface area contributed by atoms with Gasteiger partial charge in [-0.1, -0.05) is 24.3 Å². The van der Waals surface area contributed by atoms with Crippen LogP contribution in [-0.2, 0) is 6.42 Å². The van der Waals surface area contributed by atoms with Gasteiger partial charge in [0, 0.05) is 6.42 Å². The summed E-state index contributed by atoms with van der Waals surface area (Å²) in [6, 6.07) is 15.7. The minimum Gasteiger partial charge on any atom is -0.493 e. The van der Waals surface area contributed by atoms with Crippen molar-refractivity contribution in [2.24, 2.45) is 0 Å². The van der Waals surface area contributed by atoms with Gasteiger partial charge < -0.3 is 9.47 Å². The number of ether oxygens (including phenoxy) is 2. The molecule has 2 nitrogen and oxygen atoms in total. The van der Waals surface area contributed by atoms with Gasteiger partial charge in [0.1, 0.15) is 11.5 Å². The smallest absolute Gasteiger partial charge is 0.493 e. The van der Waals surface area contributed by atoms with Crippen LogP contribution in [0.3, 0.4) is 0 Å². The molecule has 0 N–H and O–H groups in total. The quantitative estimate of drug-likeness (QED) is 0.824. The lowest BCUT2D eigenvalue weighted by Crippen LogP contribution is -2.17. The van der Waals surface area contributed by atoms with Crippen LogP contribution in [0.4, 0.5) is 13.2 Å². The average Bonchev–Trinajstić information content (AvgIpc) is 2.38. The topological polar surface area (TPSA) is 18.5 Å². The van der Waals surface area contributed by atoms with E-state index in [1.54, 1.807) is 30.3 Å². The van der Waals surface area contributed by atoms with E-state index in [4.69, 9.17) is 4.74 Å². The molecule has 0 unspecified atom stereocenters. The molecule has 2 aromatic carbocycles. The number of alkyl halides is 3. The van der Waals surface area contributed by atoms with E-state index in [0.29, 0.717) is 24.3 Å². The van der Waals surface area contributed by atoms with E-state index in [1.165, 1.54) is 18.2 Å². The lowest BCUT2D eigenvalue weighted by Gasteiger charge is -2.10. The van der Waals surface area contributed by atoms with Gasteiger partial charge in [0.05, 0.1) is 6.61 Å². The summed E-state index contributed by atoms with van der Waals surface area (Å²) in [4.78, 5) is 0. The van der Waals surface area contributed by atoms with Gasteiger partial charge in [-0.3, -0.25) is 0 Å². The summed E-state index contributed by atoms with van der Waals surface area (Å²) >= 11 is 0. The Morgan fingerprint density at radius 1 is 1.00 bits per heavy atom. The second-order valence-electron chi connectivity index (χ2n) is 4.03. The van der Waals surface area contributed by atoms with E-state index in [2.05, 4.69) is 10.8 Å². The Hall–Kier alpha value is -2.17. The molecule has 0 aliphatic rings. The molecule has 0 aliphatic heterocycles. The van der Waals surface area contributed by atoms with Crippen molar-refractivity contribution in [3.8, 4) is 11.5 Å². The molecule has 2 aromatic rings. The molecular weight excluding hydrogens is 269 g/mol. The number of halogens is 3. The Morgan fingerprint density at radius 2 is 1.75 bits per heavy atom. The van der Waals surface area contributed by atoms with E-state index in [0.717, 1.165) is 0 Å². The number of rotatable bonds is 5.